The van der Waals surface area contributed by atoms with Crippen molar-refractivity contribution in [2.24, 2.45) is 5.92 Å². The van der Waals surface area contributed by atoms with Gasteiger partial charge >= 0.3 is 0 Å². The van der Waals surface area contributed by atoms with Gasteiger partial charge in [-0.2, -0.15) is 0 Å². The van der Waals surface area contributed by atoms with Crippen molar-refractivity contribution in [3.8, 4) is 0 Å². The van der Waals surface area contributed by atoms with Crippen LogP contribution in [0.3, 0.4) is 0 Å². The fraction of sp³-hybridized carbons (Fsp3) is 0.524. The number of hydrogen-bond acceptors (Lipinski definition) is 3. The lowest BCUT2D eigenvalue weighted by Gasteiger charge is -2.38. The summed E-state index contributed by atoms with van der Waals surface area (Å²) in [4.78, 5) is 0. The van der Waals surface area contributed by atoms with Crippen LogP contribution in [0.2, 0.25) is 0 Å². The number of benzene rings is 1. The molecule has 3 heteroatoms. The molecule has 1 N–H and O–H groups in total. The van der Waals surface area contributed by atoms with Crippen LogP contribution in [-0.4, -0.2) is 19.8 Å². The van der Waals surface area contributed by atoms with Gasteiger partial charge in [-0.05, 0) is 42.9 Å². The van der Waals surface area contributed by atoms with Gasteiger partial charge in [0.2, 0.25) is 0 Å². The molecule has 1 aromatic carbocycles. The lowest BCUT2D eigenvalue weighted by atomic mass is 9.74. The van der Waals surface area contributed by atoms with Gasteiger partial charge in [0.25, 0.3) is 0 Å². The van der Waals surface area contributed by atoms with E-state index in [0.29, 0.717) is 5.92 Å². The summed E-state index contributed by atoms with van der Waals surface area (Å²) in [5.74, 6) is 3.67. The monoisotopic (exact) mass is 325 g/mol. The van der Waals surface area contributed by atoms with Gasteiger partial charge < -0.3 is 14.5 Å². The summed E-state index contributed by atoms with van der Waals surface area (Å²) in [6.45, 7) is 5.76. The highest BCUT2D eigenvalue weighted by atomic mass is 16.5. The standard InChI is InChI=1S/C21H27NO2/c1-16-13-19(16)20-8-7-18(24-20)14-22-15-21(9-11-23-12-10-21)17-5-3-2-4-6-17/h2-8,16,19,22H,9-15H2,1H3. The summed E-state index contributed by atoms with van der Waals surface area (Å²) < 4.78 is 11.6. The van der Waals surface area contributed by atoms with Crippen molar-refractivity contribution in [1.82, 2.24) is 5.32 Å². The molecule has 2 atom stereocenters. The molecule has 1 saturated carbocycles. The van der Waals surface area contributed by atoms with E-state index in [4.69, 9.17) is 9.15 Å². The molecule has 0 amide bonds. The molecule has 1 aliphatic carbocycles. The minimum absolute atomic E-state index is 0.180. The van der Waals surface area contributed by atoms with Crippen LogP contribution in [-0.2, 0) is 16.7 Å². The van der Waals surface area contributed by atoms with Crippen LogP contribution < -0.4 is 5.32 Å². The zero-order chi connectivity index (χ0) is 16.4. The van der Waals surface area contributed by atoms with Gasteiger partial charge in [0.15, 0.2) is 0 Å². The maximum absolute atomic E-state index is 6.02. The molecular weight excluding hydrogens is 298 g/mol. The van der Waals surface area contributed by atoms with Crippen LogP contribution in [0.5, 0.6) is 0 Å². The van der Waals surface area contributed by atoms with E-state index >= 15 is 0 Å². The number of nitrogens with one attached hydrogen (secondary N) is 1. The van der Waals surface area contributed by atoms with Crippen molar-refractivity contribution >= 4 is 0 Å². The molecule has 1 aromatic heterocycles. The first-order chi connectivity index (χ1) is 11.8. The highest BCUT2D eigenvalue weighted by Gasteiger charge is 2.37. The first-order valence-electron chi connectivity index (χ1n) is 9.19. The lowest BCUT2D eigenvalue weighted by molar-refractivity contribution is 0.0496. The third-order valence-corrected chi connectivity index (χ3v) is 5.76. The predicted molar refractivity (Wildman–Crippen MR) is 95.1 cm³/mol. The zero-order valence-electron chi connectivity index (χ0n) is 14.5. The fourth-order valence-corrected chi connectivity index (χ4v) is 3.95. The third kappa shape index (κ3) is 3.28. The average molecular weight is 325 g/mol. The maximum Gasteiger partial charge on any atom is 0.117 e. The molecule has 128 valence electrons. The van der Waals surface area contributed by atoms with Crippen LogP contribution in [0.4, 0.5) is 0 Å². The zero-order valence-corrected chi connectivity index (χ0v) is 14.5. The minimum atomic E-state index is 0.180. The molecule has 0 spiro atoms. The summed E-state index contributed by atoms with van der Waals surface area (Å²) in [5, 5.41) is 3.65. The Morgan fingerprint density at radius 1 is 1.08 bits per heavy atom. The van der Waals surface area contributed by atoms with E-state index in [0.717, 1.165) is 50.8 Å². The van der Waals surface area contributed by atoms with Gasteiger partial charge in [-0.3, -0.25) is 0 Å². The lowest BCUT2D eigenvalue weighted by Crippen LogP contribution is -2.42. The first kappa shape index (κ1) is 15.9. The number of ether oxygens (including phenoxy) is 1. The number of rotatable bonds is 6. The Bertz CT molecular complexity index is 657. The second-order valence-electron chi connectivity index (χ2n) is 7.49. The second-order valence-corrected chi connectivity index (χ2v) is 7.49. The normalized spacial score (nSPS) is 25.5. The van der Waals surface area contributed by atoms with Crippen LogP contribution in [0.25, 0.3) is 0 Å². The Labute approximate surface area is 144 Å². The van der Waals surface area contributed by atoms with Crippen LogP contribution in [0.15, 0.2) is 46.9 Å². The van der Waals surface area contributed by atoms with Gasteiger partial charge in [0.05, 0.1) is 6.54 Å². The molecule has 0 bridgehead atoms. The molecule has 3 nitrogen and oxygen atoms in total. The topological polar surface area (TPSA) is 34.4 Å². The molecular formula is C21H27NO2. The molecule has 4 rings (SSSR count). The number of furan rings is 1. The van der Waals surface area contributed by atoms with E-state index in [9.17, 15) is 0 Å². The summed E-state index contributed by atoms with van der Waals surface area (Å²) in [6, 6.07) is 15.2. The summed E-state index contributed by atoms with van der Waals surface area (Å²) >= 11 is 0. The Morgan fingerprint density at radius 3 is 2.54 bits per heavy atom. The summed E-state index contributed by atoms with van der Waals surface area (Å²) in [7, 11) is 0. The molecule has 2 unspecified atom stereocenters. The van der Waals surface area contributed by atoms with E-state index < -0.39 is 0 Å². The van der Waals surface area contributed by atoms with Gasteiger partial charge in [0, 0.05) is 31.1 Å². The van der Waals surface area contributed by atoms with Crippen molar-refractivity contribution in [3.63, 3.8) is 0 Å². The SMILES string of the molecule is CC1CC1c1ccc(CNCC2(c3ccccc3)CCOCC2)o1. The second kappa shape index (κ2) is 6.73. The van der Waals surface area contributed by atoms with Crippen LogP contribution in [0, 0.1) is 5.92 Å². The van der Waals surface area contributed by atoms with Crippen molar-refractivity contribution in [1.29, 1.82) is 0 Å². The van der Waals surface area contributed by atoms with Gasteiger partial charge in [-0.15, -0.1) is 0 Å². The Balaban J connectivity index is 1.39. The summed E-state index contributed by atoms with van der Waals surface area (Å²) in [5.41, 5.74) is 1.60. The molecule has 2 heterocycles. The highest BCUT2D eigenvalue weighted by Crippen LogP contribution is 2.47. The molecule has 2 fully saturated rings. The molecule has 2 aliphatic rings. The largest absolute Gasteiger partial charge is 0.464 e. The van der Waals surface area contributed by atoms with Gasteiger partial charge in [-0.25, -0.2) is 0 Å². The first-order valence-corrected chi connectivity index (χ1v) is 9.19. The van der Waals surface area contributed by atoms with E-state index in [1.807, 2.05) is 0 Å². The highest BCUT2D eigenvalue weighted by molar-refractivity contribution is 5.26. The molecule has 1 aliphatic heterocycles. The smallest absolute Gasteiger partial charge is 0.117 e. The molecule has 1 saturated heterocycles. The van der Waals surface area contributed by atoms with Crippen LogP contribution >= 0.6 is 0 Å². The molecule has 2 aromatic rings. The summed E-state index contributed by atoms with van der Waals surface area (Å²) in [6.07, 6.45) is 3.43. The molecule has 24 heavy (non-hydrogen) atoms. The van der Waals surface area contributed by atoms with Crippen molar-refractivity contribution < 1.29 is 9.15 Å². The van der Waals surface area contributed by atoms with Crippen molar-refractivity contribution in [2.45, 2.75) is 44.1 Å². The van der Waals surface area contributed by atoms with Gasteiger partial charge in [0.1, 0.15) is 11.5 Å². The van der Waals surface area contributed by atoms with Gasteiger partial charge in [-0.1, -0.05) is 37.3 Å². The quantitative estimate of drug-likeness (QED) is 0.862. The van der Waals surface area contributed by atoms with E-state index in [1.54, 1.807) is 0 Å². The fourth-order valence-electron chi connectivity index (χ4n) is 3.95. The Kier molecular flexibility index (Phi) is 4.47. The third-order valence-electron chi connectivity index (χ3n) is 5.76. The van der Waals surface area contributed by atoms with E-state index in [-0.39, 0.29) is 5.41 Å². The Hall–Kier alpha value is -1.58. The average Bonchev–Trinajstić information content (AvgIpc) is 3.17. The van der Waals surface area contributed by atoms with Crippen LogP contribution in [0.1, 0.15) is 49.2 Å². The molecule has 0 radical (unpaired) electrons. The minimum Gasteiger partial charge on any atom is -0.464 e. The maximum atomic E-state index is 6.02. The Morgan fingerprint density at radius 2 is 1.83 bits per heavy atom. The van der Waals surface area contributed by atoms with E-state index in [1.165, 1.54) is 17.7 Å². The van der Waals surface area contributed by atoms with E-state index in [2.05, 4.69) is 54.7 Å². The predicted octanol–water partition coefficient (Wildman–Crippen LogP) is 4.24. The number of hydrogen-bond donors (Lipinski definition) is 1. The van der Waals surface area contributed by atoms with Crippen molar-refractivity contribution in [3.05, 3.63) is 59.5 Å². The van der Waals surface area contributed by atoms with Crippen molar-refractivity contribution in [2.75, 3.05) is 19.8 Å².